The maximum atomic E-state index is 13.1. The number of nitrogens with one attached hydrogen (secondary N) is 2. The van der Waals surface area contributed by atoms with Gasteiger partial charge in [0.05, 0.1) is 5.39 Å². The van der Waals surface area contributed by atoms with E-state index in [0.717, 1.165) is 42.8 Å². The summed E-state index contributed by atoms with van der Waals surface area (Å²) in [6.45, 7) is 1.92. The molecule has 152 valence electrons. The van der Waals surface area contributed by atoms with Gasteiger partial charge in [-0.25, -0.2) is 9.67 Å². The van der Waals surface area contributed by atoms with E-state index in [1.54, 1.807) is 4.68 Å². The largest absolute Gasteiger partial charge is 0.367 e. The zero-order chi connectivity index (χ0) is 19.5. The van der Waals surface area contributed by atoms with Crippen molar-refractivity contribution in [3.63, 3.8) is 0 Å². The number of rotatable bonds is 4. The standard InChI is InChI=1S/C21H32N6O/c1-26(16-11-13-22-14-12-16)21(28)19-17-9-10-18(24-20(17)27(2)25-19)23-15-7-5-3-4-6-8-15/h9-10,15-16,22H,3-8,11-14H2,1-2H3,(H,23,24). The molecular formula is C21H32N6O. The highest BCUT2D eigenvalue weighted by molar-refractivity contribution is 6.04. The van der Waals surface area contributed by atoms with E-state index >= 15 is 0 Å². The van der Waals surface area contributed by atoms with Crippen LogP contribution in [0.15, 0.2) is 12.1 Å². The molecule has 0 atom stereocenters. The number of piperidine rings is 1. The molecule has 0 unspecified atom stereocenters. The van der Waals surface area contributed by atoms with Crippen molar-refractivity contribution in [3.8, 4) is 0 Å². The Morgan fingerprint density at radius 3 is 2.57 bits per heavy atom. The molecule has 0 radical (unpaired) electrons. The van der Waals surface area contributed by atoms with Crippen molar-refractivity contribution >= 4 is 22.8 Å². The molecule has 2 aliphatic rings. The summed E-state index contributed by atoms with van der Waals surface area (Å²) in [6, 6.07) is 4.76. The third kappa shape index (κ3) is 3.99. The molecule has 3 heterocycles. The Balaban J connectivity index is 1.54. The molecule has 7 heteroatoms. The number of carbonyl (C=O) groups excluding carboxylic acids is 1. The van der Waals surface area contributed by atoms with E-state index in [9.17, 15) is 4.79 Å². The molecule has 4 rings (SSSR count). The van der Waals surface area contributed by atoms with Gasteiger partial charge in [0.2, 0.25) is 0 Å². The van der Waals surface area contributed by atoms with Gasteiger partial charge in [-0.05, 0) is 50.9 Å². The van der Waals surface area contributed by atoms with Crippen LogP contribution in [0.1, 0.15) is 61.9 Å². The lowest BCUT2D eigenvalue weighted by Gasteiger charge is -2.31. The minimum Gasteiger partial charge on any atom is -0.367 e. The Kier molecular flexibility index (Phi) is 5.80. The monoisotopic (exact) mass is 384 g/mol. The highest BCUT2D eigenvalue weighted by atomic mass is 16.2. The third-order valence-corrected chi connectivity index (χ3v) is 6.27. The van der Waals surface area contributed by atoms with Gasteiger partial charge >= 0.3 is 0 Å². The predicted octanol–water partition coefficient (Wildman–Crippen LogP) is 2.93. The highest BCUT2D eigenvalue weighted by Gasteiger charge is 2.27. The fourth-order valence-corrected chi connectivity index (χ4v) is 4.53. The van der Waals surface area contributed by atoms with Crippen LogP contribution >= 0.6 is 0 Å². The number of anilines is 1. The van der Waals surface area contributed by atoms with Gasteiger partial charge in [-0.1, -0.05) is 25.7 Å². The summed E-state index contributed by atoms with van der Waals surface area (Å²) in [5.74, 6) is 0.872. The summed E-state index contributed by atoms with van der Waals surface area (Å²) in [5, 5.41) is 12.3. The first-order chi connectivity index (χ1) is 13.6. The molecule has 28 heavy (non-hydrogen) atoms. The molecule has 1 aliphatic heterocycles. The molecule has 1 aliphatic carbocycles. The Labute approximate surface area is 166 Å². The van der Waals surface area contributed by atoms with E-state index in [-0.39, 0.29) is 11.9 Å². The molecule has 1 saturated heterocycles. The fourth-order valence-electron chi connectivity index (χ4n) is 4.53. The van der Waals surface area contributed by atoms with Crippen molar-refractivity contribution < 1.29 is 4.79 Å². The normalized spacial score (nSPS) is 19.5. The SMILES string of the molecule is CN(C(=O)c1nn(C)c2nc(NC3CCCCCC3)ccc12)C1CCNCC1. The van der Waals surface area contributed by atoms with Gasteiger partial charge < -0.3 is 15.5 Å². The number of carbonyl (C=O) groups is 1. The summed E-state index contributed by atoms with van der Waals surface area (Å²) in [4.78, 5) is 19.7. The molecule has 1 amide bonds. The second kappa shape index (κ2) is 8.47. The first-order valence-electron chi connectivity index (χ1n) is 10.7. The number of aromatic nitrogens is 3. The van der Waals surface area contributed by atoms with Gasteiger partial charge in [-0.15, -0.1) is 0 Å². The number of nitrogens with zero attached hydrogens (tertiary/aromatic N) is 4. The van der Waals surface area contributed by atoms with Crippen LogP contribution in [0.2, 0.25) is 0 Å². The smallest absolute Gasteiger partial charge is 0.275 e. The topological polar surface area (TPSA) is 75.1 Å². The lowest BCUT2D eigenvalue weighted by molar-refractivity contribution is 0.0698. The van der Waals surface area contributed by atoms with E-state index in [2.05, 4.69) is 15.7 Å². The molecule has 0 bridgehead atoms. The van der Waals surface area contributed by atoms with Crippen LogP contribution in [-0.4, -0.2) is 57.8 Å². The number of pyridine rings is 1. The molecule has 2 N–H and O–H groups in total. The molecule has 2 fully saturated rings. The van der Waals surface area contributed by atoms with E-state index in [1.165, 1.54) is 38.5 Å². The van der Waals surface area contributed by atoms with Gasteiger partial charge in [0.25, 0.3) is 5.91 Å². The molecule has 0 spiro atoms. The average molecular weight is 385 g/mol. The van der Waals surface area contributed by atoms with Crippen molar-refractivity contribution in [2.24, 2.45) is 7.05 Å². The minimum absolute atomic E-state index is 0.0104. The van der Waals surface area contributed by atoms with Crippen LogP contribution in [0.3, 0.4) is 0 Å². The summed E-state index contributed by atoms with van der Waals surface area (Å²) in [5.41, 5.74) is 1.27. The lowest BCUT2D eigenvalue weighted by Crippen LogP contribution is -2.44. The van der Waals surface area contributed by atoms with Gasteiger partial charge in [0, 0.05) is 26.2 Å². The number of amides is 1. The van der Waals surface area contributed by atoms with Crippen LogP contribution in [0, 0.1) is 0 Å². The van der Waals surface area contributed by atoms with Gasteiger partial charge in [-0.3, -0.25) is 4.79 Å². The first kappa shape index (κ1) is 19.2. The van der Waals surface area contributed by atoms with Crippen LogP contribution in [0.4, 0.5) is 5.82 Å². The van der Waals surface area contributed by atoms with Crippen molar-refractivity contribution in [3.05, 3.63) is 17.8 Å². The van der Waals surface area contributed by atoms with Crippen LogP contribution < -0.4 is 10.6 Å². The molecule has 1 saturated carbocycles. The summed E-state index contributed by atoms with van der Waals surface area (Å²) >= 11 is 0. The Bertz CT molecular complexity index is 818. The third-order valence-electron chi connectivity index (χ3n) is 6.27. The molecule has 7 nitrogen and oxygen atoms in total. The Morgan fingerprint density at radius 1 is 1.14 bits per heavy atom. The highest BCUT2D eigenvalue weighted by Crippen LogP contribution is 2.24. The maximum absolute atomic E-state index is 13.1. The van der Waals surface area contributed by atoms with Crippen molar-refractivity contribution in [2.45, 2.75) is 63.5 Å². The van der Waals surface area contributed by atoms with Gasteiger partial charge in [0.1, 0.15) is 5.82 Å². The van der Waals surface area contributed by atoms with E-state index in [0.29, 0.717) is 11.7 Å². The van der Waals surface area contributed by atoms with E-state index in [1.807, 2.05) is 31.1 Å². The van der Waals surface area contributed by atoms with Crippen molar-refractivity contribution in [1.82, 2.24) is 25.0 Å². The minimum atomic E-state index is -0.0104. The Morgan fingerprint density at radius 2 is 1.86 bits per heavy atom. The second-order valence-corrected chi connectivity index (χ2v) is 8.27. The number of hydrogen-bond donors (Lipinski definition) is 2. The number of fused-ring (bicyclic) bond motifs is 1. The van der Waals surface area contributed by atoms with Crippen molar-refractivity contribution in [1.29, 1.82) is 0 Å². The quantitative estimate of drug-likeness (QED) is 0.793. The van der Waals surface area contributed by atoms with Crippen LogP contribution in [-0.2, 0) is 7.05 Å². The Hall–Kier alpha value is -2.15. The average Bonchev–Trinajstić information content (AvgIpc) is 2.88. The summed E-state index contributed by atoms with van der Waals surface area (Å²) in [7, 11) is 3.76. The molecular weight excluding hydrogens is 352 g/mol. The van der Waals surface area contributed by atoms with Crippen molar-refractivity contribution in [2.75, 3.05) is 25.5 Å². The van der Waals surface area contributed by atoms with Gasteiger partial charge in [-0.2, -0.15) is 5.10 Å². The summed E-state index contributed by atoms with van der Waals surface area (Å²) in [6.07, 6.45) is 9.62. The van der Waals surface area contributed by atoms with Gasteiger partial charge in [0.15, 0.2) is 11.3 Å². The summed E-state index contributed by atoms with van der Waals surface area (Å²) < 4.78 is 1.73. The van der Waals surface area contributed by atoms with Crippen LogP contribution in [0.5, 0.6) is 0 Å². The first-order valence-corrected chi connectivity index (χ1v) is 10.7. The zero-order valence-electron chi connectivity index (χ0n) is 17.1. The number of hydrogen-bond acceptors (Lipinski definition) is 5. The molecule has 2 aromatic heterocycles. The zero-order valence-corrected chi connectivity index (χ0v) is 17.1. The van der Waals surface area contributed by atoms with E-state index < -0.39 is 0 Å². The molecule has 2 aromatic rings. The fraction of sp³-hybridized carbons (Fsp3) is 0.667. The lowest BCUT2D eigenvalue weighted by atomic mass is 10.0. The number of aryl methyl sites for hydroxylation is 1. The molecule has 0 aromatic carbocycles. The van der Waals surface area contributed by atoms with Crippen LogP contribution in [0.25, 0.3) is 11.0 Å². The van der Waals surface area contributed by atoms with E-state index in [4.69, 9.17) is 4.98 Å². The maximum Gasteiger partial charge on any atom is 0.275 e. The predicted molar refractivity (Wildman–Crippen MR) is 112 cm³/mol. The second-order valence-electron chi connectivity index (χ2n) is 8.27.